The molecule has 1 heterocycles. The van der Waals surface area contributed by atoms with E-state index in [1.54, 1.807) is 6.20 Å². The molecule has 2 amide bonds. The molecule has 0 aliphatic carbocycles. The first-order valence-electron chi connectivity index (χ1n) is 7.32. The van der Waals surface area contributed by atoms with Crippen LogP contribution in [0.2, 0.25) is 0 Å². The molecule has 1 aromatic heterocycles. The van der Waals surface area contributed by atoms with Crippen LogP contribution in [-0.2, 0) is 0 Å². The molecule has 0 spiro atoms. The zero-order chi connectivity index (χ0) is 16.2. The highest BCUT2D eigenvalue weighted by atomic mass is 16.2. The quantitative estimate of drug-likeness (QED) is 0.770. The molecule has 5 heteroatoms. The average molecular weight is 306 g/mol. The molecule has 2 aromatic carbocycles. The average Bonchev–Trinajstić information content (AvgIpc) is 2.55. The second kappa shape index (κ2) is 6.36. The van der Waals surface area contributed by atoms with E-state index in [4.69, 9.17) is 0 Å². The van der Waals surface area contributed by atoms with E-state index in [0.29, 0.717) is 0 Å². The summed E-state index contributed by atoms with van der Waals surface area (Å²) in [6, 6.07) is 16.8. The SMILES string of the molecule is CN(C)c1ccc(NC(=O)Nc2ccc3ncccc3c2)cc1. The Morgan fingerprint density at radius 3 is 2.39 bits per heavy atom. The van der Waals surface area contributed by atoms with Gasteiger partial charge in [-0.25, -0.2) is 4.79 Å². The zero-order valence-corrected chi connectivity index (χ0v) is 13.1. The van der Waals surface area contributed by atoms with E-state index in [1.165, 1.54) is 0 Å². The number of anilines is 3. The van der Waals surface area contributed by atoms with Crippen molar-refractivity contribution in [2.75, 3.05) is 29.6 Å². The van der Waals surface area contributed by atoms with E-state index in [1.807, 2.05) is 73.6 Å². The Bertz CT molecular complexity index is 828. The highest BCUT2D eigenvalue weighted by molar-refractivity contribution is 6.01. The summed E-state index contributed by atoms with van der Waals surface area (Å²) in [5, 5.41) is 6.64. The summed E-state index contributed by atoms with van der Waals surface area (Å²) in [5.74, 6) is 0. The fraction of sp³-hybridized carbons (Fsp3) is 0.111. The number of pyridine rings is 1. The van der Waals surface area contributed by atoms with Gasteiger partial charge in [-0.05, 0) is 48.5 Å². The van der Waals surface area contributed by atoms with Gasteiger partial charge in [-0.3, -0.25) is 4.98 Å². The van der Waals surface area contributed by atoms with Crippen LogP contribution in [0, 0.1) is 0 Å². The van der Waals surface area contributed by atoms with Gasteiger partial charge in [0, 0.05) is 42.7 Å². The smallest absolute Gasteiger partial charge is 0.323 e. The van der Waals surface area contributed by atoms with Crippen molar-refractivity contribution in [3.05, 3.63) is 60.8 Å². The molecule has 0 saturated heterocycles. The number of nitrogens with zero attached hydrogens (tertiary/aromatic N) is 2. The number of hydrogen-bond acceptors (Lipinski definition) is 3. The lowest BCUT2D eigenvalue weighted by molar-refractivity contribution is 0.262. The topological polar surface area (TPSA) is 57.3 Å². The van der Waals surface area contributed by atoms with E-state index in [2.05, 4.69) is 15.6 Å². The first kappa shape index (κ1) is 14.8. The third-order valence-electron chi connectivity index (χ3n) is 3.50. The first-order chi connectivity index (χ1) is 11.1. The van der Waals surface area contributed by atoms with Crippen LogP contribution in [-0.4, -0.2) is 25.1 Å². The monoisotopic (exact) mass is 306 g/mol. The van der Waals surface area contributed by atoms with Gasteiger partial charge in [0.2, 0.25) is 0 Å². The Morgan fingerprint density at radius 1 is 0.957 bits per heavy atom. The van der Waals surface area contributed by atoms with Crippen molar-refractivity contribution in [1.82, 2.24) is 4.98 Å². The minimum absolute atomic E-state index is 0.272. The van der Waals surface area contributed by atoms with Crippen molar-refractivity contribution in [2.24, 2.45) is 0 Å². The Hall–Kier alpha value is -3.08. The van der Waals surface area contributed by atoms with Gasteiger partial charge in [0.25, 0.3) is 0 Å². The number of amides is 2. The van der Waals surface area contributed by atoms with Crippen LogP contribution in [0.4, 0.5) is 21.9 Å². The van der Waals surface area contributed by atoms with Crippen molar-refractivity contribution in [3.63, 3.8) is 0 Å². The number of aromatic nitrogens is 1. The van der Waals surface area contributed by atoms with Gasteiger partial charge in [0.15, 0.2) is 0 Å². The molecular weight excluding hydrogens is 288 g/mol. The maximum Gasteiger partial charge on any atom is 0.323 e. The molecule has 0 fully saturated rings. The highest BCUT2D eigenvalue weighted by Gasteiger charge is 2.04. The van der Waals surface area contributed by atoms with Crippen molar-refractivity contribution in [3.8, 4) is 0 Å². The molecule has 3 rings (SSSR count). The number of hydrogen-bond donors (Lipinski definition) is 2. The van der Waals surface area contributed by atoms with Crippen LogP contribution in [0.5, 0.6) is 0 Å². The van der Waals surface area contributed by atoms with E-state index in [-0.39, 0.29) is 6.03 Å². The molecule has 2 N–H and O–H groups in total. The van der Waals surface area contributed by atoms with E-state index in [9.17, 15) is 4.79 Å². The Kier molecular flexibility index (Phi) is 4.10. The number of rotatable bonds is 3. The Balaban J connectivity index is 1.68. The maximum absolute atomic E-state index is 12.1. The third kappa shape index (κ3) is 3.58. The summed E-state index contributed by atoms with van der Waals surface area (Å²) in [6.07, 6.45) is 1.75. The molecule has 0 saturated carbocycles. The number of carbonyl (C=O) groups excluding carboxylic acids is 1. The molecule has 0 aliphatic rings. The summed E-state index contributed by atoms with van der Waals surface area (Å²) in [5.41, 5.74) is 3.46. The molecule has 23 heavy (non-hydrogen) atoms. The number of benzene rings is 2. The lowest BCUT2D eigenvalue weighted by atomic mass is 10.2. The number of carbonyl (C=O) groups is 1. The van der Waals surface area contributed by atoms with E-state index in [0.717, 1.165) is 28.0 Å². The molecule has 0 bridgehead atoms. The van der Waals surface area contributed by atoms with Crippen LogP contribution < -0.4 is 15.5 Å². The van der Waals surface area contributed by atoms with E-state index < -0.39 is 0 Å². The van der Waals surface area contributed by atoms with Crippen molar-refractivity contribution >= 4 is 34.0 Å². The summed E-state index contributed by atoms with van der Waals surface area (Å²) >= 11 is 0. The molecule has 0 aliphatic heterocycles. The second-order valence-corrected chi connectivity index (χ2v) is 5.43. The fourth-order valence-corrected chi connectivity index (χ4v) is 2.29. The summed E-state index contributed by atoms with van der Waals surface area (Å²) in [4.78, 5) is 18.4. The Morgan fingerprint density at radius 2 is 1.65 bits per heavy atom. The standard InChI is InChI=1S/C18H18N4O/c1-22(2)16-8-5-14(6-9-16)20-18(23)21-15-7-10-17-13(12-15)4-3-11-19-17/h3-12H,1-2H3,(H2,20,21,23). The second-order valence-electron chi connectivity index (χ2n) is 5.43. The molecule has 5 nitrogen and oxygen atoms in total. The number of nitrogens with one attached hydrogen (secondary N) is 2. The third-order valence-corrected chi connectivity index (χ3v) is 3.50. The van der Waals surface area contributed by atoms with Gasteiger partial charge in [-0.1, -0.05) is 6.07 Å². The van der Waals surface area contributed by atoms with Crippen molar-refractivity contribution in [2.45, 2.75) is 0 Å². The summed E-state index contributed by atoms with van der Waals surface area (Å²) in [7, 11) is 3.95. The predicted molar refractivity (Wildman–Crippen MR) is 95.2 cm³/mol. The van der Waals surface area contributed by atoms with Crippen LogP contribution in [0.1, 0.15) is 0 Å². The van der Waals surface area contributed by atoms with Crippen LogP contribution in [0.15, 0.2) is 60.8 Å². The van der Waals surface area contributed by atoms with Crippen LogP contribution in [0.25, 0.3) is 10.9 Å². The normalized spacial score (nSPS) is 10.3. The minimum atomic E-state index is -0.272. The van der Waals surface area contributed by atoms with Gasteiger partial charge >= 0.3 is 6.03 Å². The molecule has 0 atom stereocenters. The van der Waals surface area contributed by atoms with Crippen LogP contribution >= 0.6 is 0 Å². The summed E-state index contributed by atoms with van der Waals surface area (Å²) < 4.78 is 0. The predicted octanol–water partition coefficient (Wildman–Crippen LogP) is 3.94. The van der Waals surface area contributed by atoms with Crippen LogP contribution in [0.3, 0.4) is 0 Å². The number of fused-ring (bicyclic) bond motifs is 1. The van der Waals surface area contributed by atoms with Gasteiger partial charge in [0.05, 0.1) is 5.52 Å². The lowest BCUT2D eigenvalue weighted by Gasteiger charge is -2.13. The van der Waals surface area contributed by atoms with Crippen molar-refractivity contribution in [1.29, 1.82) is 0 Å². The number of urea groups is 1. The first-order valence-corrected chi connectivity index (χ1v) is 7.32. The van der Waals surface area contributed by atoms with Crippen molar-refractivity contribution < 1.29 is 4.79 Å². The van der Waals surface area contributed by atoms with Gasteiger partial charge in [-0.2, -0.15) is 0 Å². The van der Waals surface area contributed by atoms with E-state index >= 15 is 0 Å². The largest absolute Gasteiger partial charge is 0.378 e. The molecule has 116 valence electrons. The summed E-state index contributed by atoms with van der Waals surface area (Å²) in [6.45, 7) is 0. The van der Waals surface area contributed by atoms with Gasteiger partial charge in [-0.15, -0.1) is 0 Å². The minimum Gasteiger partial charge on any atom is -0.378 e. The zero-order valence-electron chi connectivity index (χ0n) is 13.1. The lowest BCUT2D eigenvalue weighted by Crippen LogP contribution is -2.19. The molecule has 3 aromatic rings. The van der Waals surface area contributed by atoms with Gasteiger partial charge < -0.3 is 15.5 Å². The Labute approximate surface area is 135 Å². The molecule has 0 radical (unpaired) electrons. The fourth-order valence-electron chi connectivity index (χ4n) is 2.29. The maximum atomic E-state index is 12.1. The molecule has 0 unspecified atom stereocenters. The molecular formula is C18H18N4O. The highest BCUT2D eigenvalue weighted by Crippen LogP contribution is 2.18. The van der Waals surface area contributed by atoms with Gasteiger partial charge in [0.1, 0.15) is 0 Å².